The molecule has 4 atom stereocenters. The Labute approximate surface area is 184 Å². The molecule has 0 bridgehead atoms. The first-order chi connectivity index (χ1) is 14.4. The molecule has 0 saturated carbocycles. The van der Waals surface area contributed by atoms with Gasteiger partial charge in [0.05, 0.1) is 26.4 Å². The maximum atomic E-state index is 10.8. The number of aliphatic hydroxyl groups excluding tert-OH is 1. The number of methoxy groups -OCH3 is 1. The lowest BCUT2D eigenvalue weighted by Crippen LogP contribution is -2.28. The number of ether oxygens (including phenoxy) is 2. The van der Waals surface area contributed by atoms with Gasteiger partial charge in [0.15, 0.2) is 0 Å². The topological polar surface area (TPSA) is 38.7 Å². The molecule has 0 radical (unpaired) electrons. The summed E-state index contributed by atoms with van der Waals surface area (Å²) in [5, 5.41) is 10.8. The second-order valence-corrected chi connectivity index (χ2v) is 8.08. The molecule has 0 fully saturated rings. The number of benzene rings is 1. The lowest BCUT2D eigenvalue weighted by atomic mass is 9.86. The number of allylic oxidation sites excluding steroid dienone is 3. The first-order valence-corrected chi connectivity index (χ1v) is 11.1. The van der Waals surface area contributed by atoms with Crippen molar-refractivity contribution >= 4 is 0 Å². The minimum atomic E-state index is -0.545. The monoisotopic (exact) mass is 412 g/mol. The van der Waals surface area contributed by atoms with E-state index in [4.69, 9.17) is 9.47 Å². The fraction of sp³-hybridized carbons (Fsp3) is 0.556. The smallest absolute Gasteiger partial charge is 0.118 e. The molecule has 30 heavy (non-hydrogen) atoms. The molecular formula is C27H40O3. The van der Waals surface area contributed by atoms with Crippen molar-refractivity contribution in [1.82, 2.24) is 0 Å². The van der Waals surface area contributed by atoms with Crippen LogP contribution in [0.15, 0.2) is 48.1 Å². The van der Waals surface area contributed by atoms with Gasteiger partial charge in [0, 0.05) is 11.8 Å². The normalized spacial score (nSPS) is 15.9. The summed E-state index contributed by atoms with van der Waals surface area (Å²) in [6.45, 7) is 11.3. The Morgan fingerprint density at radius 2 is 1.90 bits per heavy atom. The highest BCUT2D eigenvalue weighted by atomic mass is 16.5. The van der Waals surface area contributed by atoms with E-state index >= 15 is 0 Å². The van der Waals surface area contributed by atoms with Gasteiger partial charge in [-0.25, -0.2) is 0 Å². The lowest BCUT2D eigenvalue weighted by Gasteiger charge is -2.25. The van der Waals surface area contributed by atoms with E-state index in [0.29, 0.717) is 19.1 Å². The maximum absolute atomic E-state index is 10.8. The quantitative estimate of drug-likeness (QED) is 0.311. The van der Waals surface area contributed by atoms with E-state index in [-0.39, 0.29) is 11.8 Å². The van der Waals surface area contributed by atoms with Crippen LogP contribution in [0, 0.1) is 29.6 Å². The summed E-state index contributed by atoms with van der Waals surface area (Å²) >= 11 is 0. The van der Waals surface area contributed by atoms with Gasteiger partial charge in [-0.3, -0.25) is 0 Å². The highest BCUT2D eigenvalue weighted by Crippen LogP contribution is 2.22. The van der Waals surface area contributed by atoms with E-state index in [2.05, 4.69) is 37.8 Å². The predicted molar refractivity (Wildman–Crippen MR) is 126 cm³/mol. The molecule has 1 aromatic rings. The molecule has 3 nitrogen and oxygen atoms in total. The highest BCUT2D eigenvalue weighted by Gasteiger charge is 2.24. The number of unbranched alkanes of at least 4 members (excludes halogenated alkanes) is 1. The molecular weight excluding hydrogens is 372 g/mol. The van der Waals surface area contributed by atoms with E-state index in [1.807, 2.05) is 51.1 Å². The van der Waals surface area contributed by atoms with Crippen LogP contribution in [0.2, 0.25) is 0 Å². The Hall–Kier alpha value is -2.02. The molecule has 1 rings (SSSR count). The third-order valence-corrected chi connectivity index (χ3v) is 5.47. The van der Waals surface area contributed by atoms with E-state index in [9.17, 15) is 5.11 Å². The summed E-state index contributed by atoms with van der Waals surface area (Å²) < 4.78 is 11.1. The van der Waals surface area contributed by atoms with Gasteiger partial charge in [-0.2, -0.15) is 0 Å². The zero-order valence-corrected chi connectivity index (χ0v) is 19.7. The average molecular weight is 413 g/mol. The Balaban J connectivity index is 2.62. The summed E-state index contributed by atoms with van der Waals surface area (Å²) in [7, 11) is 1.66. The van der Waals surface area contributed by atoms with Crippen molar-refractivity contribution < 1.29 is 14.6 Å². The van der Waals surface area contributed by atoms with Crippen LogP contribution in [-0.4, -0.2) is 24.9 Å². The Morgan fingerprint density at radius 3 is 2.50 bits per heavy atom. The molecule has 3 heteroatoms. The van der Waals surface area contributed by atoms with Crippen molar-refractivity contribution in [2.24, 2.45) is 17.8 Å². The van der Waals surface area contributed by atoms with Crippen LogP contribution in [0.1, 0.15) is 59.4 Å². The molecule has 0 unspecified atom stereocenters. The van der Waals surface area contributed by atoms with Crippen molar-refractivity contribution in [1.29, 1.82) is 0 Å². The van der Waals surface area contributed by atoms with Gasteiger partial charge < -0.3 is 14.6 Å². The molecule has 0 heterocycles. The Morgan fingerprint density at radius 1 is 1.20 bits per heavy atom. The number of hydrogen-bond acceptors (Lipinski definition) is 3. The summed E-state index contributed by atoms with van der Waals surface area (Å²) in [5.74, 6) is 7.56. The molecule has 0 amide bonds. The fourth-order valence-electron chi connectivity index (χ4n) is 3.29. The summed E-state index contributed by atoms with van der Waals surface area (Å²) in [4.78, 5) is 0. The third kappa shape index (κ3) is 9.65. The van der Waals surface area contributed by atoms with E-state index in [1.165, 1.54) is 19.3 Å². The lowest BCUT2D eigenvalue weighted by molar-refractivity contribution is 0.0548. The highest BCUT2D eigenvalue weighted by molar-refractivity contribution is 5.26. The molecule has 0 spiro atoms. The molecule has 0 aliphatic carbocycles. The zero-order chi connectivity index (χ0) is 22.4. The summed E-state index contributed by atoms with van der Waals surface area (Å²) in [6.07, 6.45) is 9.46. The van der Waals surface area contributed by atoms with E-state index in [0.717, 1.165) is 16.9 Å². The fourth-order valence-corrected chi connectivity index (χ4v) is 3.29. The van der Waals surface area contributed by atoms with E-state index < -0.39 is 6.10 Å². The van der Waals surface area contributed by atoms with Crippen LogP contribution in [0.5, 0.6) is 5.75 Å². The molecule has 0 aliphatic rings. The summed E-state index contributed by atoms with van der Waals surface area (Å²) in [5.41, 5.74) is 2.05. The van der Waals surface area contributed by atoms with Crippen LogP contribution in [0.3, 0.4) is 0 Å². The van der Waals surface area contributed by atoms with Gasteiger partial charge in [0.25, 0.3) is 0 Å². The molecule has 1 aromatic carbocycles. The second-order valence-electron chi connectivity index (χ2n) is 8.08. The average Bonchev–Trinajstić information content (AvgIpc) is 2.76. The number of aliphatic hydroxyl groups is 1. The predicted octanol–water partition coefficient (Wildman–Crippen LogP) is 6.18. The number of hydrogen-bond donors (Lipinski definition) is 1. The van der Waals surface area contributed by atoms with Crippen molar-refractivity contribution in [3.8, 4) is 17.6 Å². The van der Waals surface area contributed by atoms with Gasteiger partial charge in [-0.1, -0.05) is 69.9 Å². The Kier molecular flexibility index (Phi) is 12.9. The van der Waals surface area contributed by atoms with Crippen LogP contribution in [0.25, 0.3) is 0 Å². The minimum Gasteiger partial charge on any atom is -0.497 e. The molecule has 166 valence electrons. The van der Waals surface area contributed by atoms with Crippen LogP contribution in [0.4, 0.5) is 0 Å². The Bertz CT molecular complexity index is 706. The molecule has 1 N–H and O–H groups in total. The molecule has 0 aromatic heterocycles. The van der Waals surface area contributed by atoms with Crippen molar-refractivity contribution in [3.63, 3.8) is 0 Å². The van der Waals surface area contributed by atoms with Gasteiger partial charge in [-0.15, -0.1) is 5.92 Å². The van der Waals surface area contributed by atoms with Crippen LogP contribution < -0.4 is 4.74 Å². The van der Waals surface area contributed by atoms with Gasteiger partial charge >= 0.3 is 0 Å². The van der Waals surface area contributed by atoms with Crippen LogP contribution >= 0.6 is 0 Å². The van der Waals surface area contributed by atoms with Crippen LogP contribution in [-0.2, 0) is 11.3 Å². The first-order valence-electron chi connectivity index (χ1n) is 11.1. The molecule has 0 saturated heterocycles. The maximum Gasteiger partial charge on any atom is 0.118 e. The van der Waals surface area contributed by atoms with Crippen molar-refractivity contribution in [2.45, 2.75) is 66.6 Å². The first kappa shape index (κ1) is 26.0. The standard InChI is InChI=1S/C27H40O3/c1-7-9-12-21(3)13-10-14-22(4)27(28)23(5)25(11-8-2)20-30-19-24-15-17-26(29-6)18-16-24/h10,13-18,21,23,25,27-28H,7,9,12,19-20H2,1-6H3/b13-10+,22-14+/t21-,23-,25+,27+/m1/s1. The minimum absolute atomic E-state index is 0.0181. The van der Waals surface area contributed by atoms with Gasteiger partial charge in [0.2, 0.25) is 0 Å². The largest absolute Gasteiger partial charge is 0.497 e. The zero-order valence-electron chi connectivity index (χ0n) is 19.7. The number of rotatable bonds is 13. The van der Waals surface area contributed by atoms with Crippen molar-refractivity contribution in [2.75, 3.05) is 13.7 Å². The van der Waals surface area contributed by atoms with E-state index in [1.54, 1.807) is 7.11 Å². The van der Waals surface area contributed by atoms with Gasteiger partial charge in [0.1, 0.15) is 5.75 Å². The molecule has 0 aliphatic heterocycles. The van der Waals surface area contributed by atoms with Gasteiger partial charge in [-0.05, 0) is 49.5 Å². The summed E-state index contributed by atoms with van der Waals surface area (Å²) in [6, 6.07) is 7.86. The SMILES string of the molecule is CC#C[C@@H](COCc1ccc(OC)cc1)[C@@H](C)[C@@H](O)/C(C)=C/C=C/[C@H](C)CCCC. The third-order valence-electron chi connectivity index (χ3n) is 5.47. The second kappa shape index (κ2) is 14.9. The van der Waals surface area contributed by atoms with Crippen molar-refractivity contribution in [3.05, 3.63) is 53.6 Å².